The Morgan fingerprint density at radius 3 is 2.76 bits per heavy atom. The Hall–Kier alpha value is -0.860. The third-order valence-electron chi connectivity index (χ3n) is 2.64. The number of rotatable bonds is 4. The van der Waals surface area contributed by atoms with Gasteiger partial charge in [-0.1, -0.05) is 5.16 Å². The summed E-state index contributed by atoms with van der Waals surface area (Å²) in [5.74, 6) is -0.119. The average molecular weight is 264 g/mol. The molecule has 8 heteroatoms. The van der Waals surface area contributed by atoms with E-state index in [4.69, 9.17) is 10.9 Å². The molecule has 0 bridgehead atoms. The topological polar surface area (TPSA) is 108 Å². The summed E-state index contributed by atoms with van der Waals surface area (Å²) < 4.78 is 27.7. The third kappa shape index (κ3) is 3.83. The Morgan fingerprint density at radius 1 is 1.59 bits per heavy atom. The SMILES string of the molecule is CC(C)NS(=O)(=O)N1CCCC(C(N)=NO)C1. The number of nitrogens with two attached hydrogens (primary N) is 1. The molecule has 0 amide bonds. The van der Waals surface area contributed by atoms with Gasteiger partial charge >= 0.3 is 0 Å². The average Bonchev–Trinajstić information content (AvgIpc) is 2.26. The first-order chi connectivity index (χ1) is 7.86. The van der Waals surface area contributed by atoms with Crippen LogP contribution in [0, 0.1) is 5.92 Å². The highest BCUT2D eigenvalue weighted by Crippen LogP contribution is 2.18. The Morgan fingerprint density at radius 2 is 2.24 bits per heavy atom. The highest BCUT2D eigenvalue weighted by molar-refractivity contribution is 7.87. The van der Waals surface area contributed by atoms with E-state index in [1.165, 1.54) is 4.31 Å². The molecule has 1 rings (SSSR count). The zero-order chi connectivity index (χ0) is 13.1. The van der Waals surface area contributed by atoms with Crippen LogP contribution in [-0.4, -0.2) is 42.9 Å². The lowest BCUT2D eigenvalue weighted by Crippen LogP contribution is -2.49. The van der Waals surface area contributed by atoms with Crippen molar-refractivity contribution in [1.29, 1.82) is 0 Å². The number of hydrogen-bond donors (Lipinski definition) is 3. The van der Waals surface area contributed by atoms with Crippen LogP contribution in [0.2, 0.25) is 0 Å². The molecule has 0 saturated carbocycles. The lowest BCUT2D eigenvalue weighted by molar-refractivity contribution is 0.285. The molecule has 1 unspecified atom stereocenters. The number of piperidine rings is 1. The summed E-state index contributed by atoms with van der Waals surface area (Å²) in [7, 11) is -3.47. The van der Waals surface area contributed by atoms with Crippen LogP contribution in [0.4, 0.5) is 0 Å². The van der Waals surface area contributed by atoms with Gasteiger partial charge in [-0.25, -0.2) is 0 Å². The van der Waals surface area contributed by atoms with E-state index >= 15 is 0 Å². The third-order valence-corrected chi connectivity index (χ3v) is 4.42. The van der Waals surface area contributed by atoms with Gasteiger partial charge < -0.3 is 10.9 Å². The summed E-state index contributed by atoms with van der Waals surface area (Å²) in [6.45, 7) is 4.26. The van der Waals surface area contributed by atoms with Gasteiger partial charge in [-0.2, -0.15) is 17.4 Å². The summed E-state index contributed by atoms with van der Waals surface area (Å²) in [4.78, 5) is 0. The van der Waals surface area contributed by atoms with Crippen molar-refractivity contribution >= 4 is 16.0 Å². The molecule has 7 nitrogen and oxygen atoms in total. The number of oxime groups is 1. The van der Waals surface area contributed by atoms with E-state index in [-0.39, 0.29) is 24.3 Å². The van der Waals surface area contributed by atoms with E-state index in [2.05, 4.69) is 9.88 Å². The summed E-state index contributed by atoms with van der Waals surface area (Å²) in [5.41, 5.74) is 5.51. The van der Waals surface area contributed by atoms with E-state index in [9.17, 15) is 8.42 Å². The van der Waals surface area contributed by atoms with E-state index < -0.39 is 10.2 Å². The van der Waals surface area contributed by atoms with Crippen molar-refractivity contribution < 1.29 is 13.6 Å². The van der Waals surface area contributed by atoms with Crippen LogP contribution in [0.3, 0.4) is 0 Å². The van der Waals surface area contributed by atoms with E-state index in [1.54, 1.807) is 13.8 Å². The molecule has 1 heterocycles. The second-order valence-electron chi connectivity index (χ2n) is 4.50. The van der Waals surface area contributed by atoms with Crippen molar-refractivity contribution in [2.45, 2.75) is 32.7 Å². The van der Waals surface area contributed by atoms with Crippen molar-refractivity contribution in [1.82, 2.24) is 9.03 Å². The Balaban J connectivity index is 2.73. The molecule has 17 heavy (non-hydrogen) atoms. The van der Waals surface area contributed by atoms with Gasteiger partial charge in [0.15, 0.2) is 0 Å². The van der Waals surface area contributed by atoms with Crippen LogP contribution in [0.5, 0.6) is 0 Å². The maximum Gasteiger partial charge on any atom is 0.279 e. The van der Waals surface area contributed by atoms with Gasteiger partial charge in [0.25, 0.3) is 10.2 Å². The first-order valence-corrected chi connectivity index (χ1v) is 7.05. The van der Waals surface area contributed by atoms with Gasteiger partial charge in [-0.15, -0.1) is 0 Å². The van der Waals surface area contributed by atoms with E-state index in [0.717, 1.165) is 6.42 Å². The molecule has 0 aliphatic carbocycles. The van der Waals surface area contributed by atoms with E-state index in [0.29, 0.717) is 13.0 Å². The molecule has 0 aromatic heterocycles. The molecule has 4 N–H and O–H groups in total. The molecule has 1 aliphatic heterocycles. The standard InChI is InChI=1S/C9H20N4O3S/c1-7(2)12-17(15,16)13-5-3-4-8(6-13)9(10)11-14/h7-8,12,14H,3-6H2,1-2H3,(H2,10,11). The first-order valence-electron chi connectivity index (χ1n) is 5.61. The van der Waals surface area contributed by atoms with Crippen molar-refractivity contribution in [3.05, 3.63) is 0 Å². The molecule has 0 aromatic carbocycles. The molecule has 1 aliphatic rings. The second-order valence-corrected chi connectivity index (χ2v) is 6.20. The van der Waals surface area contributed by atoms with Gasteiger partial charge in [0.05, 0.1) is 0 Å². The molecule has 0 radical (unpaired) electrons. The summed E-state index contributed by atoms with van der Waals surface area (Å²) in [6, 6.07) is -0.149. The maximum absolute atomic E-state index is 11.9. The Labute approximate surface area is 102 Å². The summed E-state index contributed by atoms with van der Waals surface area (Å²) in [5, 5.41) is 11.5. The predicted molar refractivity (Wildman–Crippen MR) is 64.9 cm³/mol. The van der Waals surface area contributed by atoms with Gasteiger partial charge in [-0.05, 0) is 26.7 Å². The minimum atomic E-state index is -3.47. The van der Waals surface area contributed by atoms with Crippen LogP contribution in [0.25, 0.3) is 0 Å². The maximum atomic E-state index is 11.9. The number of nitrogens with one attached hydrogen (secondary N) is 1. The minimum absolute atomic E-state index is 0.0921. The fourth-order valence-electron chi connectivity index (χ4n) is 1.86. The highest BCUT2D eigenvalue weighted by atomic mass is 32.2. The number of nitrogens with zero attached hydrogens (tertiary/aromatic N) is 2. The minimum Gasteiger partial charge on any atom is -0.409 e. The van der Waals surface area contributed by atoms with Crippen LogP contribution in [-0.2, 0) is 10.2 Å². The quantitative estimate of drug-likeness (QED) is 0.280. The Kier molecular flexibility index (Phi) is 4.72. The second kappa shape index (κ2) is 5.65. The smallest absolute Gasteiger partial charge is 0.279 e. The zero-order valence-electron chi connectivity index (χ0n) is 10.1. The van der Waals surface area contributed by atoms with Gasteiger partial charge in [0.1, 0.15) is 5.84 Å². The van der Waals surface area contributed by atoms with Crippen LogP contribution in [0.15, 0.2) is 5.16 Å². The molecule has 1 fully saturated rings. The predicted octanol–water partition coefficient (Wildman–Crippen LogP) is -0.312. The molecule has 1 atom stereocenters. The van der Waals surface area contributed by atoms with Gasteiger partial charge in [0.2, 0.25) is 0 Å². The summed E-state index contributed by atoms with van der Waals surface area (Å²) in [6.07, 6.45) is 1.45. The zero-order valence-corrected chi connectivity index (χ0v) is 10.9. The van der Waals surface area contributed by atoms with Crippen molar-refractivity contribution in [3.8, 4) is 0 Å². The number of amidine groups is 1. The lowest BCUT2D eigenvalue weighted by atomic mass is 9.99. The van der Waals surface area contributed by atoms with Crippen molar-refractivity contribution in [2.24, 2.45) is 16.8 Å². The van der Waals surface area contributed by atoms with Crippen molar-refractivity contribution in [3.63, 3.8) is 0 Å². The van der Waals surface area contributed by atoms with Crippen LogP contribution < -0.4 is 10.5 Å². The molecule has 1 saturated heterocycles. The molecule has 0 aromatic rings. The van der Waals surface area contributed by atoms with E-state index in [1.807, 2.05) is 0 Å². The van der Waals surface area contributed by atoms with Crippen LogP contribution in [0.1, 0.15) is 26.7 Å². The summed E-state index contributed by atoms with van der Waals surface area (Å²) >= 11 is 0. The normalized spacial score (nSPS) is 24.2. The Bertz CT molecular complexity index is 380. The fourth-order valence-corrected chi connectivity index (χ4v) is 3.35. The lowest BCUT2D eigenvalue weighted by Gasteiger charge is -2.31. The molecule has 0 spiro atoms. The fraction of sp³-hybridized carbons (Fsp3) is 0.889. The number of hydrogen-bond acceptors (Lipinski definition) is 4. The molecular formula is C9H20N4O3S. The molecule has 100 valence electrons. The highest BCUT2D eigenvalue weighted by Gasteiger charge is 2.30. The largest absolute Gasteiger partial charge is 0.409 e. The van der Waals surface area contributed by atoms with Crippen LogP contribution >= 0.6 is 0 Å². The van der Waals surface area contributed by atoms with Gasteiger partial charge in [0, 0.05) is 25.0 Å². The van der Waals surface area contributed by atoms with Gasteiger partial charge in [-0.3, -0.25) is 0 Å². The first kappa shape index (κ1) is 14.2. The van der Waals surface area contributed by atoms with Crippen molar-refractivity contribution in [2.75, 3.05) is 13.1 Å². The monoisotopic (exact) mass is 264 g/mol. The molecular weight excluding hydrogens is 244 g/mol.